The smallest absolute Gasteiger partial charge is 0.266 e. The van der Waals surface area contributed by atoms with Gasteiger partial charge in [0, 0.05) is 5.02 Å². The monoisotopic (exact) mass is 373 g/mol. The summed E-state index contributed by atoms with van der Waals surface area (Å²) in [5.41, 5.74) is 7.35. The standard InChI is InChI=1S/C18H16ClN3O2S/c1-10-4-3-5-13(8-10)22-17(24)14-7-6-12(19)9-15(14)21-18(22)25-11(2)16(20)23/h3-9,11H,1-2H3,(H2,20,23). The summed E-state index contributed by atoms with van der Waals surface area (Å²) in [6.45, 7) is 3.63. The molecule has 5 nitrogen and oxygen atoms in total. The van der Waals surface area contributed by atoms with Gasteiger partial charge >= 0.3 is 0 Å². The highest BCUT2D eigenvalue weighted by Gasteiger charge is 2.18. The van der Waals surface area contributed by atoms with Crippen molar-refractivity contribution in [2.75, 3.05) is 0 Å². The van der Waals surface area contributed by atoms with Gasteiger partial charge < -0.3 is 5.73 Å². The molecule has 2 N–H and O–H groups in total. The van der Waals surface area contributed by atoms with Crippen molar-refractivity contribution in [3.8, 4) is 5.69 Å². The van der Waals surface area contributed by atoms with E-state index in [9.17, 15) is 9.59 Å². The predicted octanol–water partition coefficient (Wildman–Crippen LogP) is 3.31. The Kier molecular flexibility index (Phi) is 4.83. The molecule has 7 heteroatoms. The Morgan fingerprint density at radius 3 is 2.72 bits per heavy atom. The van der Waals surface area contributed by atoms with Crippen molar-refractivity contribution in [1.29, 1.82) is 0 Å². The third kappa shape index (κ3) is 3.55. The third-order valence-electron chi connectivity index (χ3n) is 3.74. The second-order valence-corrected chi connectivity index (χ2v) is 7.44. The largest absolute Gasteiger partial charge is 0.369 e. The van der Waals surface area contributed by atoms with Crippen LogP contribution in [0.3, 0.4) is 0 Å². The number of aryl methyl sites for hydroxylation is 1. The molecule has 0 fully saturated rings. The summed E-state index contributed by atoms with van der Waals surface area (Å²) in [5, 5.41) is 0.824. The van der Waals surface area contributed by atoms with Gasteiger partial charge in [-0.1, -0.05) is 35.5 Å². The van der Waals surface area contributed by atoms with Gasteiger partial charge in [-0.25, -0.2) is 4.98 Å². The van der Waals surface area contributed by atoms with Crippen molar-refractivity contribution in [2.24, 2.45) is 5.73 Å². The van der Waals surface area contributed by atoms with Crippen molar-refractivity contribution in [3.05, 3.63) is 63.4 Å². The second kappa shape index (κ2) is 6.90. The number of nitrogens with two attached hydrogens (primary N) is 1. The van der Waals surface area contributed by atoms with E-state index in [1.165, 1.54) is 4.57 Å². The molecule has 1 heterocycles. The summed E-state index contributed by atoms with van der Waals surface area (Å²) < 4.78 is 1.51. The minimum atomic E-state index is -0.528. The van der Waals surface area contributed by atoms with Crippen molar-refractivity contribution in [1.82, 2.24) is 9.55 Å². The molecule has 1 atom stereocenters. The summed E-state index contributed by atoms with van der Waals surface area (Å²) in [5.74, 6) is -0.471. The average Bonchev–Trinajstić information content (AvgIpc) is 2.54. The molecule has 25 heavy (non-hydrogen) atoms. The molecule has 0 aliphatic carbocycles. The van der Waals surface area contributed by atoms with Crippen LogP contribution in [-0.2, 0) is 4.79 Å². The highest BCUT2D eigenvalue weighted by molar-refractivity contribution is 8.00. The molecule has 3 aromatic rings. The molecule has 2 aromatic carbocycles. The Bertz CT molecular complexity index is 1030. The van der Waals surface area contributed by atoms with Gasteiger partial charge in [-0.15, -0.1) is 0 Å². The number of aromatic nitrogens is 2. The van der Waals surface area contributed by atoms with Gasteiger partial charge in [0.2, 0.25) is 5.91 Å². The molecule has 128 valence electrons. The van der Waals surface area contributed by atoms with Crippen LogP contribution < -0.4 is 11.3 Å². The Morgan fingerprint density at radius 1 is 1.28 bits per heavy atom. The van der Waals surface area contributed by atoms with Crippen LogP contribution in [0.1, 0.15) is 12.5 Å². The molecule has 0 aliphatic rings. The number of amides is 1. The van der Waals surface area contributed by atoms with Crippen LogP contribution in [0.4, 0.5) is 0 Å². The first kappa shape index (κ1) is 17.5. The maximum Gasteiger partial charge on any atom is 0.266 e. The third-order valence-corrected chi connectivity index (χ3v) is 5.05. The fourth-order valence-electron chi connectivity index (χ4n) is 2.43. The molecular weight excluding hydrogens is 358 g/mol. The van der Waals surface area contributed by atoms with Crippen LogP contribution in [0.25, 0.3) is 16.6 Å². The first-order valence-corrected chi connectivity index (χ1v) is 8.88. The highest BCUT2D eigenvalue weighted by Crippen LogP contribution is 2.26. The number of thioether (sulfide) groups is 1. The van der Waals surface area contributed by atoms with E-state index in [1.54, 1.807) is 25.1 Å². The lowest BCUT2D eigenvalue weighted by atomic mass is 10.2. The number of hydrogen-bond donors (Lipinski definition) is 1. The molecule has 1 amide bonds. The van der Waals surface area contributed by atoms with Gasteiger partial charge in [-0.05, 0) is 49.7 Å². The molecular formula is C18H16ClN3O2S. The van der Waals surface area contributed by atoms with Crippen LogP contribution in [-0.4, -0.2) is 20.7 Å². The molecule has 0 radical (unpaired) electrons. The fraction of sp³-hybridized carbons (Fsp3) is 0.167. The number of hydrogen-bond acceptors (Lipinski definition) is 4. The first-order chi connectivity index (χ1) is 11.9. The fourth-order valence-corrected chi connectivity index (χ4v) is 3.47. The molecule has 0 saturated heterocycles. The summed E-state index contributed by atoms with van der Waals surface area (Å²) in [7, 11) is 0. The average molecular weight is 374 g/mol. The molecule has 0 aliphatic heterocycles. The van der Waals surface area contributed by atoms with Crippen LogP contribution in [0.2, 0.25) is 5.02 Å². The summed E-state index contributed by atoms with van der Waals surface area (Å²) in [6, 6.07) is 12.5. The normalized spacial score (nSPS) is 12.3. The quantitative estimate of drug-likeness (QED) is 0.562. The van der Waals surface area contributed by atoms with Gasteiger partial charge in [-0.3, -0.25) is 14.2 Å². The number of halogens is 1. The van der Waals surface area contributed by atoms with Crippen molar-refractivity contribution >= 4 is 40.2 Å². The molecule has 0 spiro atoms. The number of rotatable bonds is 4. The maximum absolute atomic E-state index is 13.1. The number of carbonyl (C=O) groups is 1. The second-order valence-electron chi connectivity index (χ2n) is 5.70. The summed E-state index contributed by atoms with van der Waals surface area (Å²) >= 11 is 7.18. The van der Waals surface area contributed by atoms with E-state index in [0.717, 1.165) is 17.3 Å². The molecule has 3 rings (SSSR count). The van der Waals surface area contributed by atoms with Gasteiger partial charge in [0.25, 0.3) is 5.56 Å². The SMILES string of the molecule is Cc1cccc(-n2c(SC(C)C(N)=O)nc3cc(Cl)ccc3c2=O)c1. The van der Waals surface area contributed by atoms with E-state index in [0.29, 0.717) is 26.8 Å². The lowest BCUT2D eigenvalue weighted by Gasteiger charge is -2.15. The van der Waals surface area contributed by atoms with Gasteiger partial charge in [0.1, 0.15) is 0 Å². The Balaban J connectivity index is 2.31. The number of nitrogens with zero attached hydrogens (tertiary/aromatic N) is 2. The van der Waals surface area contributed by atoms with Crippen molar-refractivity contribution in [2.45, 2.75) is 24.3 Å². The summed E-state index contributed by atoms with van der Waals surface area (Å²) in [4.78, 5) is 29.1. The van der Waals surface area contributed by atoms with E-state index in [4.69, 9.17) is 17.3 Å². The minimum absolute atomic E-state index is 0.216. The van der Waals surface area contributed by atoms with Crippen molar-refractivity contribution < 1.29 is 4.79 Å². The number of primary amides is 1. The van der Waals surface area contributed by atoms with Gasteiger partial charge in [-0.2, -0.15) is 0 Å². The van der Waals surface area contributed by atoms with Crippen LogP contribution in [0.5, 0.6) is 0 Å². The zero-order valence-electron chi connectivity index (χ0n) is 13.7. The number of fused-ring (bicyclic) bond motifs is 1. The Hall–Kier alpha value is -2.31. The minimum Gasteiger partial charge on any atom is -0.369 e. The van der Waals surface area contributed by atoms with Crippen LogP contribution in [0, 0.1) is 6.92 Å². The van der Waals surface area contributed by atoms with Crippen molar-refractivity contribution in [3.63, 3.8) is 0 Å². The van der Waals surface area contributed by atoms with Gasteiger partial charge in [0.05, 0.1) is 21.8 Å². The lowest BCUT2D eigenvalue weighted by molar-refractivity contribution is -0.117. The lowest BCUT2D eigenvalue weighted by Crippen LogP contribution is -2.26. The van der Waals surface area contributed by atoms with Crippen LogP contribution in [0.15, 0.2) is 52.4 Å². The van der Waals surface area contributed by atoms with E-state index < -0.39 is 11.2 Å². The van der Waals surface area contributed by atoms with E-state index in [1.807, 2.05) is 31.2 Å². The zero-order chi connectivity index (χ0) is 18.1. The highest BCUT2D eigenvalue weighted by atomic mass is 35.5. The van der Waals surface area contributed by atoms with Gasteiger partial charge in [0.15, 0.2) is 5.16 Å². The molecule has 0 bridgehead atoms. The first-order valence-electron chi connectivity index (χ1n) is 7.62. The number of benzene rings is 2. The maximum atomic E-state index is 13.1. The van der Waals surface area contributed by atoms with E-state index in [-0.39, 0.29) is 5.56 Å². The summed E-state index contributed by atoms with van der Waals surface area (Å²) in [6.07, 6.45) is 0. The zero-order valence-corrected chi connectivity index (χ0v) is 15.3. The predicted molar refractivity (Wildman–Crippen MR) is 102 cm³/mol. The van der Waals surface area contributed by atoms with E-state index in [2.05, 4.69) is 4.98 Å². The van der Waals surface area contributed by atoms with E-state index >= 15 is 0 Å². The topological polar surface area (TPSA) is 78.0 Å². The Morgan fingerprint density at radius 2 is 2.04 bits per heavy atom. The molecule has 1 aromatic heterocycles. The Labute approximate surface area is 153 Å². The molecule has 0 saturated carbocycles. The van der Waals surface area contributed by atoms with Crippen LogP contribution >= 0.6 is 23.4 Å². The number of carbonyl (C=O) groups excluding carboxylic acids is 1. The molecule has 1 unspecified atom stereocenters.